The number of hydrogen-bond donors (Lipinski definition) is 1. The molecule has 2 saturated carbocycles. The van der Waals surface area contributed by atoms with Crippen LogP contribution in [0.4, 0.5) is 0 Å². The maximum absolute atomic E-state index is 11.9. The van der Waals surface area contributed by atoms with Crippen molar-refractivity contribution >= 4 is 5.97 Å². The molecular formula is C23H32O3. The Morgan fingerprint density at radius 2 is 2.08 bits per heavy atom. The minimum Gasteiger partial charge on any atom is -0.508 e. The largest absolute Gasteiger partial charge is 0.508 e. The molecule has 0 saturated heterocycles. The van der Waals surface area contributed by atoms with Crippen LogP contribution < -0.4 is 0 Å². The van der Waals surface area contributed by atoms with Crippen LogP contribution in [0.3, 0.4) is 0 Å². The fourth-order valence-electron chi connectivity index (χ4n) is 5.65. The average molecular weight is 357 g/mol. The first kappa shape index (κ1) is 19.0. The topological polar surface area (TPSA) is 46.5 Å². The van der Waals surface area contributed by atoms with Gasteiger partial charge in [-0.05, 0) is 85.0 Å². The van der Waals surface area contributed by atoms with Gasteiger partial charge in [-0.25, -0.2) is 4.79 Å². The number of carbonyl (C=O) groups is 1. The molecule has 3 heteroatoms. The highest BCUT2D eigenvalue weighted by Crippen LogP contribution is 2.62. The van der Waals surface area contributed by atoms with E-state index in [2.05, 4.69) is 27.4 Å². The first-order valence-corrected chi connectivity index (χ1v) is 9.81. The SMILES string of the molecule is C=C1CCC[C@@H]2[C@](C)(Cc3cc(C(=O)OC)ccc3O)[C@@H](C)CC[C@@]12C. The lowest BCUT2D eigenvalue weighted by Gasteiger charge is -2.59. The van der Waals surface area contributed by atoms with E-state index >= 15 is 0 Å². The third-order valence-corrected chi connectivity index (χ3v) is 7.64. The minimum absolute atomic E-state index is 0.0720. The number of fused-ring (bicyclic) bond motifs is 1. The Labute approximate surface area is 157 Å². The number of aromatic hydroxyl groups is 1. The number of esters is 1. The normalized spacial score (nSPS) is 34.2. The summed E-state index contributed by atoms with van der Waals surface area (Å²) in [5, 5.41) is 10.5. The molecule has 2 fully saturated rings. The molecule has 2 aliphatic rings. The van der Waals surface area contributed by atoms with Crippen molar-refractivity contribution in [1.82, 2.24) is 0 Å². The van der Waals surface area contributed by atoms with Gasteiger partial charge >= 0.3 is 5.97 Å². The van der Waals surface area contributed by atoms with E-state index in [1.54, 1.807) is 12.1 Å². The summed E-state index contributed by atoms with van der Waals surface area (Å²) < 4.78 is 4.85. The summed E-state index contributed by atoms with van der Waals surface area (Å²) in [6.45, 7) is 11.5. The Kier molecular flexibility index (Phi) is 4.94. The molecule has 4 atom stereocenters. The Balaban J connectivity index is 1.99. The standard InChI is InChI=1S/C23H32O3/c1-15-7-6-8-20-22(15,3)12-11-16(2)23(20,4)14-18-13-17(21(25)26-5)9-10-19(18)24/h9-10,13,16,20,24H,1,6-8,11-12,14H2,2-5H3/t16-,20-,22-,23+/m0/s1. The van der Waals surface area contributed by atoms with Gasteiger partial charge in [0.05, 0.1) is 12.7 Å². The van der Waals surface area contributed by atoms with Crippen LogP contribution in [0.15, 0.2) is 30.4 Å². The predicted molar refractivity (Wildman–Crippen MR) is 104 cm³/mol. The van der Waals surface area contributed by atoms with E-state index < -0.39 is 0 Å². The van der Waals surface area contributed by atoms with Crippen molar-refractivity contribution in [2.45, 2.75) is 59.3 Å². The Bertz CT molecular complexity index is 722. The second kappa shape index (κ2) is 6.75. The predicted octanol–water partition coefficient (Wildman–Crippen LogP) is 5.52. The number of rotatable bonds is 3. The third-order valence-electron chi connectivity index (χ3n) is 7.64. The summed E-state index contributed by atoms with van der Waals surface area (Å²) in [6.07, 6.45) is 6.73. The highest BCUT2D eigenvalue weighted by Gasteiger charge is 2.53. The summed E-state index contributed by atoms with van der Waals surface area (Å²) in [5.74, 6) is 1.03. The molecule has 0 heterocycles. The van der Waals surface area contributed by atoms with Crippen LogP contribution in [-0.4, -0.2) is 18.2 Å². The van der Waals surface area contributed by atoms with E-state index in [-0.39, 0.29) is 22.5 Å². The quantitative estimate of drug-likeness (QED) is 0.573. The molecule has 0 spiro atoms. The summed E-state index contributed by atoms with van der Waals surface area (Å²) in [7, 11) is 1.39. The number of carbonyl (C=O) groups excluding carboxylic acids is 1. The van der Waals surface area contributed by atoms with E-state index in [1.165, 1.54) is 38.4 Å². The van der Waals surface area contributed by atoms with Crippen LogP contribution >= 0.6 is 0 Å². The van der Waals surface area contributed by atoms with Crippen LogP contribution in [0.2, 0.25) is 0 Å². The molecule has 0 aliphatic heterocycles. The summed E-state index contributed by atoms with van der Waals surface area (Å²) in [6, 6.07) is 5.06. The Morgan fingerprint density at radius 1 is 1.35 bits per heavy atom. The highest BCUT2D eigenvalue weighted by molar-refractivity contribution is 5.89. The molecule has 0 amide bonds. The highest BCUT2D eigenvalue weighted by atomic mass is 16.5. The van der Waals surface area contributed by atoms with Crippen molar-refractivity contribution in [1.29, 1.82) is 0 Å². The van der Waals surface area contributed by atoms with Gasteiger partial charge in [-0.15, -0.1) is 0 Å². The molecule has 1 N–H and O–H groups in total. The molecular weight excluding hydrogens is 324 g/mol. The smallest absolute Gasteiger partial charge is 0.337 e. The van der Waals surface area contributed by atoms with Gasteiger partial charge in [0.25, 0.3) is 0 Å². The molecule has 26 heavy (non-hydrogen) atoms. The monoisotopic (exact) mass is 356 g/mol. The summed E-state index contributed by atoms with van der Waals surface area (Å²) in [4.78, 5) is 11.9. The lowest BCUT2D eigenvalue weighted by atomic mass is 9.46. The molecule has 1 aromatic carbocycles. The first-order chi connectivity index (χ1) is 12.2. The van der Waals surface area contributed by atoms with Gasteiger partial charge in [-0.3, -0.25) is 0 Å². The molecule has 142 valence electrons. The minimum atomic E-state index is -0.357. The molecule has 0 unspecified atom stereocenters. The Morgan fingerprint density at radius 3 is 2.77 bits per heavy atom. The molecule has 2 aliphatic carbocycles. The number of phenols is 1. The van der Waals surface area contributed by atoms with Gasteiger partial charge in [0.1, 0.15) is 5.75 Å². The van der Waals surface area contributed by atoms with Gasteiger partial charge in [-0.1, -0.05) is 32.9 Å². The Hall–Kier alpha value is -1.77. The fourth-order valence-corrected chi connectivity index (χ4v) is 5.65. The van der Waals surface area contributed by atoms with Crippen molar-refractivity contribution in [3.8, 4) is 5.75 Å². The number of phenolic OH excluding ortho intramolecular Hbond substituents is 1. The van der Waals surface area contributed by atoms with E-state index in [4.69, 9.17) is 4.74 Å². The van der Waals surface area contributed by atoms with Gasteiger partial charge in [0.2, 0.25) is 0 Å². The maximum Gasteiger partial charge on any atom is 0.337 e. The van der Waals surface area contributed by atoms with E-state index in [0.717, 1.165) is 18.4 Å². The zero-order valence-electron chi connectivity index (χ0n) is 16.6. The van der Waals surface area contributed by atoms with Crippen LogP contribution in [-0.2, 0) is 11.2 Å². The second-order valence-corrected chi connectivity index (χ2v) is 8.92. The number of methoxy groups -OCH3 is 1. The number of allylic oxidation sites excluding steroid dienone is 1. The van der Waals surface area contributed by atoms with E-state index in [1.807, 2.05) is 6.07 Å². The van der Waals surface area contributed by atoms with Crippen molar-refractivity contribution < 1.29 is 14.6 Å². The molecule has 3 rings (SSSR count). The maximum atomic E-state index is 11.9. The lowest BCUT2D eigenvalue weighted by Crippen LogP contribution is -2.51. The molecule has 0 bridgehead atoms. The van der Waals surface area contributed by atoms with E-state index in [9.17, 15) is 9.90 Å². The molecule has 3 nitrogen and oxygen atoms in total. The van der Waals surface area contributed by atoms with E-state index in [0.29, 0.717) is 17.4 Å². The zero-order chi connectivity index (χ0) is 19.1. The average Bonchev–Trinajstić information content (AvgIpc) is 2.62. The van der Waals surface area contributed by atoms with Crippen LogP contribution in [0.1, 0.15) is 68.8 Å². The third kappa shape index (κ3) is 2.95. The first-order valence-electron chi connectivity index (χ1n) is 9.81. The van der Waals surface area contributed by atoms with Crippen molar-refractivity contribution in [3.63, 3.8) is 0 Å². The lowest BCUT2D eigenvalue weighted by molar-refractivity contribution is -0.0491. The summed E-state index contributed by atoms with van der Waals surface area (Å²) in [5.41, 5.74) is 3.02. The molecule has 1 aromatic rings. The van der Waals surface area contributed by atoms with Crippen LogP contribution in [0.5, 0.6) is 5.75 Å². The van der Waals surface area contributed by atoms with Gasteiger partial charge < -0.3 is 9.84 Å². The van der Waals surface area contributed by atoms with Gasteiger partial charge in [0, 0.05) is 0 Å². The van der Waals surface area contributed by atoms with Gasteiger partial charge in [-0.2, -0.15) is 0 Å². The molecule has 0 aromatic heterocycles. The van der Waals surface area contributed by atoms with Crippen molar-refractivity contribution in [3.05, 3.63) is 41.5 Å². The summed E-state index contributed by atoms with van der Waals surface area (Å²) >= 11 is 0. The van der Waals surface area contributed by atoms with Crippen molar-refractivity contribution in [2.75, 3.05) is 7.11 Å². The number of benzene rings is 1. The van der Waals surface area contributed by atoms with Crippen LogP contribution in [0, 0.1) is 22.7 Å². The number of ether oxygens (including phenoxy) is 1. The van der Waals surface area contributed by atoms with Crippen molar-refractivity contribution in [2.24, 2.45) is 22.7 Å². The zero-order valence-corrected chi connectivity index (χ0v) is 16.6. The molecule has 0 radical (unpaired) electrons. The fraction of sp³-hybridized carbons (Fsp3) is 0.609. The second-order valence-electron chi connectivity index (χ2n) is 8.92. The van der Waals surface area contributed by atoms with Gasteiger partial charge in [0.15, 0.2) is 0 Å². The van der Waals surface area contributed by atoms with Crippen LogP contribution in [0.25, 0.3) is 0 Å². The number of hydrogen-bond acceptors (Lipinski definition) is 3.